The monoisotopic (exact) mass is 908 g/mol. The van der Waals surface area contributed by atoms with E-state index in [0.717, 1.165) is 133 Å². The van der Waals surface area contributed by atoms with Crippen molar-refractivity contribution in [3.63, 3.8) is 0 Å². The van der Waals surface area contributed by atoms with Gasteiger partial charge < -0.3 is 22.7 Å². The van der Waals surface area contributed by atoms with Crippen LogP contribution >= 0.6 is 0 Å². The number of fused-ring (bicyclic) bond motifs is 12. The summed E-state index contributed by atoms with van der Waals surface area (Å²) in [5.41, 5.74) is 17.9. The summed E-state index contributed by atoms with van der Waals surface area (Å²) in [7, 11) is 0. The SMILES string of the molecule is c1ccc(-c2cccc3c2oc2c(-c4cccc(N(c5ccc(-c6ccc7c(c6)oc6ccccc67)cc5)c5ccc6c(c5)oc5c(-n7c8ccccc8c8ccccc87)cccc56)c4)cccc23)cc1. The second kappa shape index (κ2) is 15.5. The molecule has 71 heavy (non-hydrogen) atoms. The van der Waals surface area contributed by atoms with Crippen LogP contribution < -0.4 is 4.90 Å². The van der Waals surface area contributed by atoms with Crippen LogP contribution in [-0.2, 0) is 0 Å². The van der Waals surface area contributed by atoms with Crippen molar-refractivity contribution in [2.24, 2.45) is 0 Å². The van der Waals surface area contributed by atoms with Gasteiger partial charge in [-0.1, -0.05) is 164 Å². The lowest BCUT2D eigenvalue weighted by Crippen LogP contribution is -2.10. The molecule has 11 aromatic carbocycles. The number of furan rings is 3. The number of hydrogen-bond donors (Lipinski definition) is 0. The van der Waals surface area contributed by atoms with Crippen LogP contribution in [0.4, 0.5) is 17.1 Å². The molecule has 4 heterocycles. The number of para-hydroxylation sites is 6. The minimum atomic E-state index is 0.809. The van der Waals surface area contributed by atoms with Gasteiger partial charge in [-0.3, -0.25) is 0 Å². The number of nitrogens with zero attached hydrogens (tertiary/aromatic N) is 2. The second-order valence-corrected chi connectivity index (χ2v) is 18.4. The number of hydrogen-bond acceptors (Lipinski definition) is 4. The molecule has 0 N–H and O–H groups in total. The predicted octanol–water partition coefficient (Wildman–Crippen LogP) is 19.0. The van der Waals surface area contributed by atoms with Crippen LogP contribution in [0.1, 0.15) is 0 Å². The maximum Gasteiger partial charge on any atom is 0.159 e. The first kappa shape index (κ1) is 39.4. The number of rotatable bonds is 7. The van der Waals surface area contributed by atoms with E-state index in [1.807, 2.05) is 18.2 Å². The second-order valence-electron chi connectivity index (χ2n) is 18.4. The topological polar surface area (TPSA) is 47.6 Å². The Kier molecular flexibility index (Phi) is 8.59. The number of anilines is 3. The van der Waals surface area contributed by atoms with Gasteiger partial charge in [0.15, 0.2) is 5.58 Å². The van der Waals surface area contributed by atoms with Gasteiger partial charge in [-0.15, -0.1) is 0 Å². The van der Waals surface area contributed by atoms with Crippen LogP contribution in [0.2, 0.25) is 0 Å². The Morgan fingerprint density at radius 1 is 0.268 bits per heavy atom. The maximum atomic E-state index is 7.04. The van der Waals surface area contributed by atoms with E-state index in [9.17, 15) is 0 Å². The van der Waals surface area contributed by atoms with Crippen molar-refractivity contribution in [1.29, 1.82) is 0 Å². The molecule has 0 aliphatic heterocycles. The Labute approximate surface area is 407 Å². The van der Waals surface area contributed by atoms with Gasteiger partial charge in [0.2, 0.25) is 0 Å². The molecular weight excluding hydrogens is 869 g/mol. The molecule has 15 rings (SSSR count). The molecular formula is C66H40N2O3. The average molecular weight is 909 g/mol. The highest BCUT2D eigenvalue weighted by Gasteiger charge is 2.22. The fraction of sp³-hybridized carbons (Fsp3) is 0. The summed E-state index contributed by atoms with van der Waals surface area (Å²) in [4.78, 5) is 2.32. The Hall–Kier alpha value is -9.58. The Morgan fingerprint density at radius 3 is 1.55 bits per heavy atom. The molecule has 15 aromatic rings. The first-order chi connectivity index (χ1) is 35.2. The number of benzene rings is 11. The summed E-state index contributed by atoms with van der Waals surface area (Å²) in [6, 6.07) is 86.0. The molecule has 0 amide bonds. The molecule has 4 aromatic heterocycles. The third-order valence-electron chi connectivity index (χ3n) is 14.4. The minimum absolute atomic E-state index is 0.809. The van der Waals surface area contributed by atoms with Gasteiger partial charge in [0.25, 0.3) is 0 Å². The molecule has 0 saturated carbocycles. The zero-order valence-electron chi connectivity index (χ0n) is 38.2. The Bertz CT molecular complexity index is 4540. The molecule has 0 spiro atoms. The summed E-state index contributed by atoms with van der Waals surface area (Å²) in [6.45, 7) is 0. The molecule has 5 nitrogen and oxygen atoms in total. The van der Waals surface area contributed by atoms with Crippen molar-refractivity contribution in [2.45, 2.75) is 0 Å². The van der Waals surface area contributed by atoms with Gasteiger partial charge in [-0.2, -0.15) is 0 Å². The third kappa shape index (κ3) is 6.13. The molecule has 0 fully saturated rings. The van der Waals surface area contributed by atoms with Gasteiger partial charge in [0, 0.05) is 77.3 Å². The molecule has 0 unspecified atom stereocenters. The van der Waals surface area contributed by atoms with Gasteiger partial charge in [-0.05, 0) is 95.1 Å². The molecule has 0 atom stereocenters. The smallest absolute Gasteiger partial charge is 0.159 e. The summed E-state index contributed by atoms with van der Waals surface area (Å²) >= 11 is 0. The van der Waals surface area contributed by atoms with Gasteiger partial charge in [0.05, 0.1) is 16.7 Å². The zero-order valence-corrected chi connectivity index (χ0v) is 38.2. The fourth-order valence-corrected chi connectivity index (χ4v) is 11.1. The standard InChI is InChI=1S/C66H40N2O3/c1-2-14-42(15-3-1)48-21-11-23-56-57-24-12-22-49(65(57)71-64(48)56)44-16-10-17-46(38-44)67(45-33-30-41(31-34-45)43-32-36-53-52-20-6-9-29-61(52)69-62(53)39-43)47-35-37-54-55-25-13-28-60(66(55)70-63(54)40-47)68-58-26-7-4-18-50(58)51-19-5-8-27-59(51)68/h1-40H. The van der Waals surface area contributed by atoms with Crippen LogP contribution in [0.3, 0.4) is 0 Å². The van der Waals surface area contributed by atoms with Crippen LogP contribution in [0, 0.1) is 0 Å². The largest absolute Gasteiger partial charge is 0.456 e. The lowest BCUT2D eigenvalue weighted by atomic mass is 9.99. The molecule has 0 radical (unpaired) electrons. The first-order valence-electron chi connectivity index (χ1n) is 24.1. The van der Waals surface area contributed by atoms with E-state index in [1.165, 1.54) is 10.8 Å². The Balaban J connectivity index is 0.888. The summed E-state index contributed by atoms with van der Waals surface area (Å²) < 4.78 is 22.6. The van der Waals surface area contributed by atoms with E-state index in [0.29, 0.717) is 0 Å². The van der Waals surface area contributed by atoms with Crippen LogP contribution in [-0.4, -0.2) is 4.57 Å². The molecule has 0 aliphatic carbocycles. The highest BCUT2D eigenvalue weighted by molar-refractivity contribution is 6.15. The third-order valence-corrected chi connectivity index (χ3v) is 14.4. The van der Waals surface area contributed by atoms with E-state index < -0.39 is 0 Å². The van der Waals surface area contributed by atoms with Crippen molar-refractivity contribution < 1.29 is 13.3 Å². The quantitative estimate of drug-likeness (QED) is 0.160. The van der Waals surface area contributed by atoms with Crippen molar-refractivity contribution in [3.05, 3.63) is 243 Å². The highest BCUT2D eigenvalue weighted by Crippen LogP contribution is 2.45. The maximum absolute atomic E-state index is 7.04. The van der Waals surface area contributed by atoms with Crippen molar-refractivity contribution >= 4 is 105 Å². The zero-order chi connectivity index (χ0) is 46.6. The number of aromatic nitrogens is 1. The van der Waals surface area contributed by atoms with E-state index in [1.54, 1.807) is 0 Å². The summed E-state index contributed by atoms with van der Waals surface area (Å²) in [5, 5.41) is 8.98. The van der Waals surface area contributed by atoms with Gasteiger partial charge in [-0.25, -0.2) is 0 Å². The highest BCUT2D eigenvalue weighted by atomic mass is 16.3. The van der Waals surface area contributed by atoms with E-state index >= 15 is 0 Å². The summed E-state index contributed by atoms with van der Waals surface area (Å²) in [5.74, 6) is 0. The lowest BCUT2D eigenvalue weighted by Gasteiger charge is -2.26. The molecule has 0 bridgehead atoms. The first-order valence-corrected chi connectivity index (χ1v) is 24.1. The normalized spacial score (nSPS) is 11.9. The fourth-order valence-electron chi connectivity index (χ4n) is 11.1. The van der Waals surface area contributed by atoms with Crippen LogP contribution in [0.15, 0.2) is 256 Å². The minimum Gasteiger partial charge on any atom is -0.456 e. The van der Waals surface area contributed by atoms with E-state index in [-0.39, 0.29) is 0 Å². The molecule has 5 heteroatoms. The summed E-state index contributed by atoms with van der Waals surface area (Å²) in [6.07, 6.45) is 0. The van der Waals surface area contributed by atoms with Crippen molar-refractivity contribution in [1.82, 2.24) is 4.57 Å². The molecule has 332 valence electrons. The van der Waals surface area contributed by atoms with Crippen LogP contribution in [0.5, 0.6) is 0 Å². The van der Waals surface area contributed by atoms with Gasteiger partial charge >= 0.3 is 0 Å². The average Bonchev–Trinajstić information content (AvgIpc) is 4.20. The molecule has 0 aliphatic rings. The predicted molar refractivity (Wildman–Crippen MR) is 294 cm³/mol. The molecule has 0 saturated heterocycles. The van der Waals surface area contributed by atoms with Crippen LogP contribution in [0.25, 0.3) is 127 Å². The van der Waals surface area contributed by atoms with Crippen molar-refractivity contribution in [2.75, 3.05) is 4.90 Å². The van der Waals surface area contributed by atoms with Crippen molar-refractivity contribution in [3.8, 4) is 39.1 Å². The lowest BCUT2D eigenvalue weighted by molar-refractivity contribution is 0.666. The Morgan fingerprint density at radius 2 is 0.789 bits per heavy atom. The van der Waals surface area contributed by atoms with E-state index in [2.05, 4.69) is 234 Å². The van der Waals surface area contributed by atoms with E-state index in [4.69, 9.17) is 13.3 Å². The van der Waals surface area contributed by atoms with Gasteiger partial charge in [0.1, 0.15) is 27.9 Å².